The number of ether oxygens (including phenoxy) is 1. The van der Waals surface area contributed by atoms with Crippen molar-refractivity contribution in [2.45, 2.75) is 64.4 Å². The molecule has 2 unspecified atom stereocenters. The highest BCUT2D eigenvalue weighted by Gasteiger charge is 2.34. The van der Waals surface area contributed by atoms with Crippen LogP contribution in [0.5, 0.6) is 0 Å². The van der Waals surface area contributed by atoms with E-state index in [9.17, 15) is 9.59 Å². The van der Waals surface area contributed by atoms with Gasteiger partial charge in [0.2, 0.25) is 11.8 Å². The number of rotatable bonds is 8. The molecule has 1 heterocycles. The number of halogens is 1. The normalized spacial score (nSPS) is 21.4. The molecular weight excluding hydrogens is 434 g/mol. The molecule has 158 valence electrons. The van der Waals surface area contributed by atoms with Crippen LogP contribution in [0.3, 0.4) is 0 Å². The Morgan fingerprint density at radius 2 is 2.07 bits per heavy atom. The third-order valence-corrected chi connectivity index (χ3v) is 5.47. The molecule has 2 N–H and O–H groups in total. The van der Waals surface area contributed by atoms with E-state index in [0.717, 1.165) is 25.9 Å². The van der Waals surface area contributed by atoms with Gasteiger partial charge in [-0.05, 0) is 43.6 Å². The van der Waals surface area contributed by atoms with Crippen LogP contribution in [0.2, 0.25) is 0 Å². The van der Waals surface area contributed by atoms with E-state index in [1.54, 1.807) is 0 Å². The fourth-order valence-electron chi connectivity index (χ4n) is 3.64. The molecule has 0 aromatic heterocycles. The minimum atomic E-state index is -0.763. The molecule has 1 fully saturated rings. The van der Waals surface area contributed by atoms with E-state index in [-0.39, 0.29) is 30.5 Å². The Kier molecular flexibility index (Phi) is 9.65. The van der Waals surface area contributed by atoms with Gasteiger partial charge in [0, 0.05) is 35.4 Å². The summed E-state index contributed by atoms with van der Waals surface area (Å²) in [7, 11) is 0. The van der Waals surface area contributed by atoms with Crippen LogP contribution in [0, 0.1) is 10.8 Å². The van der Waals surface area contributed by atoms with Crippen LogP contribution >= 0.6 is 15.9 Å². The second-order valence-corrected chi connectivity index (χ2v) is 7.78. The fourth-order valence-corrected chi connectivity index (χ4v) is 3.78. The van der Waals surface area contributed by atoms with Crippen molar-refractivity contribution in [3.63, 3.8) is 0 Å². The average molecular weight is 464 g/mol. The minimum Gasteiger partial charge on any atom is -0.371 e. The summed E-state index contributed by atoms with van der Waals surface area (Å²) in [5.74, 6) is 2.15. The molecule has 4 atom stereocenters. The number of piperidine rings is 1. The smallest absolute Gasteiger partial charge is 0.246 e. The SMILES string of the molecule is CC(=O)N[C@H](C(=O)NCC#CBr)[C@H](C)OC1CCCN(Cc2ccccc2)C1C. The van der Waals surface area contributed by atoms with E-state index in [1.165, 1.54) is 12.5 Å². The second kappa shape index (κ2) is 12.0. The lowest BCUT2D eigenvalue weighted by Gasteiger charge is -2.41. The van der Waals surface area contributed by atoms with Gasteiger partial charge in [0.1, 0.15) is 6.04 Å². The molecule has 0 radical (unpaired) electrons. The molecule has 0 bridgehead atoms. The lowest BCUT2D eigenvalue weighted by atomic mass is 9.98. The van der Waals surface area contributed by atoms with Gasteiger partial charge in [-0.3, -0.25) is 14.5 Å². The number of hydrogen-bond acceptors (Lipinski definition) is 4. The largest absolute Gasteiger partial charge is 0.371 e. The number of carbonyl (C=O) groups excluding carboxylic acids is 2. The zero-order chi connectivity index (χ0) is 21.2. The first-order valence-electron chi connectivity index (χ1n) is 9.99. The molecule has 1 aromatic rings. The van der Waals surface area contributed by atoms with E-state index in [4.69, 9.17) is 4.74 Å². The van der Waals surface area contributed by atoms with Crippen molar-refractivity contribution in [2.75, 3.05) is 13.1 Å². The number of likely N-dealkylation sites (tertiary alicyclic amines) is 1. The Hall–Kier alpha value is -1.88. The molecule has 29 heavy (non-hydrogen) atoms. The Balaban J connectivity index is 2.00. The van der Waals surface area contributed by atoms with Crippen molar-refractivity contribution < 1.29 is 14.3 Å². The molecule has 2 rings (SSSR count). The highest BCUT2D eigenvalue weighted by molar-refractivity contribution is 9.12. The maximum Gasteiger partial charge on any atom is 0.246 e. The molecule has 0 saturated carbocycles. The number of carbonyl (C=O) groups is 2. The van der Waals surface area contributed by atoms with E-state index >= 15 is 0 Å². The van der Waals surface area contributed by atoms with Crippen LogP contribution in [0.15, 0.2) is 30.3 Å². The lowest BCUT2D eigenvalue weighted by molar-refractivity contribution is -0.136. The summed E-state index contributed by atoms with van der Waals surface area (Å²) in [6.45, 7) is 7.49. The number of amides is 2. The summed E-state index contributed by atoms with van der Waals surface area (Å²) in [4.78, 5) is 29.1. The predicted octanol–water partition coefficient (Wildman–Crippen LogP) is 2.42. The summed E-state index contributed by atoms with van der Waals surface area (Å²) >= 11 is 3.00. The maximum absolute atomic E-state index is 12.5. The summed E-state index contributed by atoms with van der Waals surface area (Å²) in [6.07, 6.45) is 1.50. The monoisotopic (exact) mass is 463 g/mol. The number of nitrogens with zero attached hydrogens (tertiary/aromatic N) is 1. The number of hydrogen-bond donors (Lipinski definition) is 2. The van der Waals surface area contributed by atoms with Gasteiger partial charge in [0.05, 0.1) is 18.8 Å². The summed E-state index contributed by atoms with van der Waals surface area (Å²) < 4.78 is 6.30. The van der Waals surface area contributed by atoms with Crippen molar-refractivity contribution >= 4 is 27.7 Å². The molecule has 0 spiro atoms. The van der Waals surface area contributed by atoms with Crippen molar-refractivity contribution in [3.8, 4) is 10.8 Å². The van der Waals surface area contributed by atoms with Crippen LogP contribution in [-0.2, 0) is 20.9 Å². The zero-order valence-electron chi connectivity index (χ0n) is 17.3. The molecule has 1 aliphatic heterocycles. The Morgan fingerprint density at radius 3 is 2.72 bits per heavy atom. The average Bonchev–Trinajstić information content (AvgIpc) is 2.70. The maximum atomic E-state index is 12.5. The van der Waals surface area contributed by atoms with E-state index < -0.39 is 12.1 Å². The van der Waals surface area contributed by atoms with Gasteiger partial charge >= 0.3 is 0 Å². The standard InChI is InChI=1S/C22H30BrN3O3/c1-16-20(11-7-14-26(16)15-19-9-5-4-6-10-19)29-17(2)21(25-18(3)27)22(28)24-13-8-12-23/h4-6,9-10,16-17,20-21H,7,11,13-15H2,1-3H3,(H,24,28)(H,25,27)/t16?,17-,20?,21-/m0/s1. The first-order valence-corrected chi connectivity index (χ1v) is 10.8. The van der Waals surface area contributed by atoms with Gasteiger partial charge in [0.15, 0.2) is 0 Å². The first-order chi connectivity index (χ1) is 13.9. The van der Waals surface area contributed by atoms with E-state index in [0.29, 0.717) is 0 Å². The third-order valence-electron chi connectivity index (χ3n) is 5.19. The molecule has 2 amide bonds. The van der Waals surface area contributed by atoms with Crippen LogP contribution in [0.1, 0.15) is 39.2 Å². The van der Waals surface area contributed by atoms with Crippen molar-refractivity contribution in [1.29, 1.82) is 0 Å². The minimum absolute atomic E-state index is 0.00569. The molecule has 1 aromatic carbocycles. The molecule has 1 aliphatic rings. The van der Waals surface area contributed by atoms with Crippen molar-refractivity contribution in [3.05, 3.63) is 35.9 Å². The quantitative estimate of drug-likeness (QED) is 0.580. The van der Waals surface area contributed by atoms with Gasteiger partial charge in [-0.15, -0.1) is 0 Å². The zero-order valence-corrected chi connectivity index (χ0v) is 18.9. The van der Waals surface area contributed by atoms with Gasteiger partial charge in [0.25, 0.3) is 0 Å². The first kappa shape index (κ1) is 23.4. The Morgan fingerprint density at radius 1 is 1.34 bits per heavy atom. The Labute approximate surface area is 181 Å². The molecular formula is C22H30BrN3O3. The summed E-state index contributed by atoms with van der Waals surface area (Å²) in [5.41, 5.74) is 1.27. The van der Waals surface area contributed by atoms with Gasteiger partial charge < -0.3 is 15.4 Å². The molecule has 6 nitrogen and oxygen atoms in total. The van der Waals surface area contributed by atoms with E-state index in [2.05, 4.69) is 73.4 Å². The highest BCUT2D eigenvalue weighted by atomic mass is 79.9. The molecule has 7 heteroatoms. The topological polar surface area (TPSA) is 70.7 Å². The van der Waals surface area contributed by atoms with Crippen LogP contribution < -0.4 is 10.6 Å². The van der Waals surface area contributed by atoms with Crippen LogP contribution in [0.4, 0.5) is 0 Å². The molecule has 1 saturated heterocycles. The number of nitrogens with one attached hydrogen (secondary N) is 2. The highest BCUT2D eigenvalue weighted by Crippen LogP contribution is 2.24. The van der Waals surface area contributed by atoms with Gasteiger partial charge in [-0.2, -0.15) is 0 Å². The fraction of sp³-hybridized carbons (Fsp3) is 0.545. The summed E-state index contributed by atoms with van der Waals surface area (Å²) in [5, 5.41) is 5.42. The van der Waals surface area contributed by atoms with Crippen molar-refractivity contribution in [2.24, 2.45) is 0 Å². The predicted molar refractivity (Wildman–Crippen MR) is 117 cm³/mol. The Bertz CT molecular complexity index is 732. The van der Waals surface area contributed by atoms with Crippen molar-refractivity contribution in [1.82, 2.24) is 15.5 Å². The molecule has 0 aliphatic carbocycles. The second-order valence-electron chi connectivity index (χ2n) is 7.39. The lowest BCUT2D eigenvalue weighted by Crippen LogP contribution is -2.55. The third kappa shape index (κ3) is 7.46. The van der Waals surface area contributed by atoms with Gasteiger partial charge in [-0.25, -0.2) is 0 Å². The van der Waals surface area contributed by atoms with Gasteiger partial charge in [-0.1, -0.05) is 36.3 Å². The van der Waals surface area contributed by atoms with E-state index in [1.807, 2.05) is 13.0 Å². The summed E-state index contributed by atoms with van der Waals surface area (Å²) in [6, 6.07) is 9.84. The van der Waals surface area contributed by atoms with Crippen LogP contribution in [0.25, 0.3) is 0 Å². The number of benzene rings is 1. The van der Waals surface area contributed by atoms with Crippen LogP contribution in [-0.4, -0.2) is 54.1 Å².